The van der Waals surface area contributed by atoms with E-state index in [2.05, 4.69) is 17.1 Å². The molecule has 3 rings (SSSR count). The maximum atomic E-state index is 12.0. The van der Waals surface area contributed by atoms with Crippen molar-refractivity contribution in [1.29, 1.82) is 0 Å². The van der Waals surface area contributed by atoms with Gasteiger partial charge >= 0.3 is 0 Å². The number of carbonyl (C=O) groups excluding carboxylic acids is 1. The highest BCUT2D eigenvalue weighted by Gasteiger charge is 2.38. The summed E-state index contributed by atoms with van der Waals surface area (Å²) in [5.41, 5.74) is 0. The average Bonchev–Trinajstić information content (AvgIpc) is 2.91. The van der Waals surface area contributed by atoms with Gasteiger partial charge in [-0.05, 0) is 25.7 Å². The molecule has 2 fully saturated rings. The molecule has 1 amide bonds. The van der Waals surface area contributed by atoms with Crippen molar-refractivity contribution in [3.05, 3.63) is 11.8 Å². The second kappa shape index (κ2) is 4.71. The molecule has 2 aliphatic rings. The van der Waals surface area contributed by atoms with Gasteiger partial charge in [-0.2, -0.15) is 0 Å². The molecule has 1 aromatic rings. The lowest BCUT2D eigenvalue weighted by Crippen LogP contribution is -2.29. The topological polar surface area (TPSA) is 59.2 Å². The predicted octanol–water partition coefficient (Wildman–Crippen LogP) is 1.75. The molecular formula is C13H19N3O2. The lowest BCUT2D eigenvalue weighted by Gasteiger charge is -2.14. The van der Waals surface area contributed by atoms with Crippen molar-refractivity contribution in [3.63, 3.8) is 0 Å². The molecule has 1 saturated carbocycles. The Kier molecular flexibility index (Phi) is 3.06. The molecule has 1 atom stereocenters. The molecule has 0 unspecified atom stereocenters. The van der Waals surface area contributed by atoms with Gasteiger partial charge in [0.05, 0.1) is 5.92 Å². The Hall–Kier alpha value is -1.39. The number of hydrogen-bond donors (Lipinski definition) is 0. The largest absolute Gasteiger partial charge is 0.425 e. The molecule has 0 aromatic carbocycles. The van der Waals surface area contributed by atoms with E-state index < -0.39 is 0 Å². The monoisotopic (exact) mass is 249 g/mol. The second-order valence-electron chi connectivity index (χ2n) is 5.33. The highest BCUT2D eigenvalue weighted by molar-refractivity contribution is 5.81. The number of rotatable bonds is 4. The summed E-state index contributed by atoms with van der Waals surface area (Å²) in [5, 5.41) is 8.16. The summed E-state index contributed by atoms with van der Waals surface area (Å²) in [6.07, 6.45) is 4.94. The summed E-state index contributed by atoms with van der Waals surface area (Å²) >= 11 is 0. The van der Waals surface area contributed by atoms with Crippen LogP contribution in [0.25, 0.3) is 0 Å². The lowest BCUT2D eigenvalue weighted by atomic mass is 10.1. The van der Waals surface area contributed by atoms with Gasteiger partial charge < -0.3 is 9.32 Å². The standard InChI is InChI=1S/C13H19N3O2/c1-2-3-11-14-15-12(18-11)10-6-7-16(8-10)13(17)9-4-5-9/h9-10H,2-8H2,1H3/t10-/m0/s1. The van der Waals surface area contributed by atoms with Crippen molar-refractivity contribution in [1.82, 2.24) is 15.1 Å². The summed E-state index contributed by atoms with van der Waals surface area (Å²) in [6, 6.07) is 0. The van der Waals surface area contributed by atoms with E-state index in [0.29, 0.717) is 17.7 Å². The minimum Gasteiger partial charge on any atom is -0.425 e. The van der Waals surface area contributed by atoms with Gasteiger partial charge in [0.25, 0.3) is 0 Å². The molecule has 0 radical (unpaired) electrons. The Labute approximate surface area is 107 Å². The molecule has 1 aliphatic carbocycles. The molecule has 98 valence electrons. The van der Waals surface area contributed by atoms with E-state index in [9.17, 15) is 4.79 Å². The lowest BCUT2D eigenvalue weighted by molar-refractivity contribution is -0.131. The van der Waals surface area contributed by atoms with Crippen molar-refractivity contribution in [2.75, 3.05) is 13.1 Å². The summed E-state index contributed by atoms with van der Waals surface area (Å²) in [7, 11) is 0. The van der Waals surface area contributed by atoms with Gasteiger partial charge in [0, 0.05) is 25.4 Å². The number of hydrogen-bond acceptors (Lipinski definition) is 4. The van der Waals surface area contributed by atoms with Crippen LogP contribution in [0.1, 0.15) is 50.3 Å². The smallest absolute Gasteiger partial charge is 0.225 e. The Balaban J connectivity index is 1.61. The van der Waals surface area contributed by atoms with Gasteiger partial charge in [0.2, 0.25) is 17.7 Å². The third-order valence-electron chi connectivity index (χ3n) is 3.72. The average molecular weight is 249 g/mol. The molecule has 5 nitrogen and oxygen atoms in total. The van der Waals surface area contributed by atoms with E-state index in [0.717, 1.165) is 51.1 Å². The number of likely N-dealkylation sites (tertiary alicyclic amines) is 1. The first-order valence-electron chi connectivity index (χ1n) is 6.89. The summed E-state index contributed by atoms with van der Waals surface area (Å²) < 4.78 is 5.65. The molecule has 5 heteroatoms. The van der Waals surface area contributed by atoms with Crippen LogP contribution >= 0.6 is 0 Å². The zero-order valence-corrected chi connectivity index (χ0v) is 10.8. The van der Waals surface area contributed by atoms with E-state index >= 15 is 0 Å². The third-order valence-corrected chi connectivity index (χ3v) is 3.72. The van der Waals surface area contributed by atoms with Gasteiger partial charge in [0.15, 0.2) is 0 Å². The van der Waals surface area contributed by atoms with Crippen LogP contribution in [-0.2, 0) is 11.2 Å². The fourth-order valence-electron chi connectivity index (χ4n) is 2.50. The van der Waals surface area contributed by atoms with Crippen LogP contribution in [0.5, 0.6) is 0 Å². The third kappa shape index (κ3) is 2.26. The van der Waals surface area contributed by atoms with Gasteiger partial charge in [-0.15, -0.1) is 10.2 Å². The molecule has 2 heterocycles. The SMILES string of the molecule is CCCc1nnc([C@H]2CCN(C(=O)C3CC3)C2)o1. The van der Waals surface area contributed by atoms with Gasteiger partial charge in [-0.3, -0.25) is 4.79 Å². The zero-order chi connectivity index (χ0) is 12.5. The number of carbonyl (C=O) groups is 1. The maximum Gasteiger partial charge on any atom is 0.225 e. The van der Waals surface area contributed by atoms with Crippen LogP contribution < -0.4 is 0 Å². The van der Waals surface area contributed by atoms with E-state index in [1.54, 1.807) is 0 Å². The Bertz CT molecular complexity index is 439. The number of aromatic nitrogens is 2. The fraction of sp³-hybridized carbons (Fsp3) is 0.769. The van der Waals surface area contributed by atoms with Gasteiger partial charge in [-0.25, -0.2) is 0 Å². The van der Waals surface area contributed by atoms with Crippen LogP contribution in [0.3, 0.4) is 0 Å². The maximum absolute atomic E-state index is 12.0. The van der Waals surface area contributed by atoms with E-state index in [1.807, 2.05) is 4.90 Å². The summed E-state index contributed by atoms with van der Waals surface area (Å²) in [5.74, 6) is 2.31. The molecule has 1 aliphatic heterocycles. The fourth-order valence-corrected chi connectivity index (χ4v) is 2.50. The Morgan fingerprint density at radius 3 is 2.94 bits per heavy atom. The van der Waals surface area contributed by atoms with E-state index in [1.165, 1.54) is 0 Å². The Morgan fingerprint density at radius 2 is 2.22 bits per heavy atom. The first kappa shape index (κ1) is 11.7. The second-order valence-corrected chi connectivity index (χ2v) is 5.33. The number of amides is 1. The van der Waals surface area contributed by atoms with Crippen LogP contribution in [0.4, 0.5) is 0 Å². The molecule has 0 N–H and O–H groups in total. The van der Waals surface area contributed by atoms with Crippen LogP contribution in [0.2, 0.25) is 0 Å². The minimum absolute atomic E-state index is 0.241. The molecule has 0 spiro atoms. The molecule has 0 bridgehead atoms. The van der Waals surface area contributed by atoms with Crippen LogP contribution in [0.15, 0.2) is 4.42 Å². The Morgan fingerprint density at radius 1 is 1.39 bits per heavy atom. The van der Waals surface area contributed by atoms with Gasteiger partial charge in [-0.1, -0.05) is 6.92 Å². The summed E-state index contributed by atoms with van der Waals surface area (Å²) in [4.78, 5) is 13.9. The molecule has 1 aromatic heterocycles. The zero-order valence-electron chi connectivity index (χ0n) is 10.8. The van der Waals surface area contributed by atoms with Crippen molar-refractivity contribution in [3.8, 4) is 0 Å². The first-order chi connectivity index (χ1) is 8.78. The van der Waals surface area contributed by atoms with Crippen molar-refractivity contribution < 1.29 is 9.21 Å². The number of nitrogens with zero attached hydrogens (tertiary/aromatic N) is 3. The quantitative estimate of drug-likeness (QED) is 0.815. The molecular weight excluding hydrogens is 230 g/mol. The van der Waals surface area contributed by atoms with Crippen LogP contribution in [-0.4, -0.2) is 34.1 Å². The predicted molar refractivity (Wildman–Crippen MR) is 65.0 cm³/mol. The van der Waals surface area contributed by atoms with E-state index in [-0.39, 0.29) is 5.92 Å². The van der Waals surface area contributed by atoms with Crippen molar-refractivity contribution in [2.45, 2.75) is 44.9 Å². The van der Waals surface area contributed by atoms with Crippen molar-refractivity contribution in [2.24, 2.45) is 5.92 Å². The molecule has 18 heavy (non-hydrogen) atoms. The highest BCUT2D eigenvalue weighted by Crippen LogP contribution is 2.34. The minimum atomic E-state index is 0.241. The number of aryl methyl sites for hydroxylation is 1. The highest BCUT2D eigenvalue weighted by atomic mass is 16.4. The normalized spacial score (nSPS) is 23.6. The van der Waals surface area contributed by atoms with Crippen LogP contribution in [0, 0.1) is 5.92 Å². The van der Waals surface area contributed by atoms with Crippen molar-refractivity contribution >= 4 is 5.91 Å². The molecule has 1 saturated heterocycles. The summed E-state index contributed by atoms with van der Waals surface area (Å²) in [6.45, 7) is 3.68. The van der Waals surface area contributed by atoms with Gasteiger partial charge in [0.1, 0.15) is 0 Å². The van der Waals surface area contributed by atoms with E-state index in [4.69, 9.17) is 4.42 Å². The first-order valence-corrected chi connectivity index (χ1v) is 6.89.